The van der Waals surface area contributed by atoms with Crippen molar-refractivity contribution in [1.82, 2.24) is 4.98 Å². The van der Waals surface area contributed by atoms with Gasteiger partial charge in [0.25, 0.3) is 5.69 Å². The van der Waals surface area contributed by atoms with Crippen LogP contribution in [0.5, 0.6) is 0 Å². The number of nitro groups is 1. The second-order valence-corrected chi connectivity index (χ2v) is 2.46. The third-order valence-electron chi connectivity index (χ3n) is 1.23. The molecule has 1 aromatic rings. The third-order valence-corrected chi connectivity index (χ3v) is 1.83. The van der Waals surface area contributed by atoms with E-state index in [0.29, 0.717) is 10.9 Å². The molecule has 0 bridgehead atoms. The molecule has 11 heavy (non-hydrogen) atoms. The molecule has 4 nitrogen and oxygen atoms in total. The van der Waals surface area contributed by atoms with E-state index in [1.807, 2.05) is 0 Å². The molecule has 0 aromatic carbocycles. The summed E-state index contributed by atoms with van der Waals surface area (Å²) in [6.07, 6.45) is 2.78. The molecule has 1 aromatic heterocycles. The fourth-order valence-electron chi connectivity index (χ4n) is 0.692. The van der Waals surface area contributed by atoms with E-state index in [-0.39, 0.29) is 5.69 Å². The number of aromatic nitrogens is 1. The van der Waals surface area contributed by atoms with E-state index in [2.05, 4.69) is 20.9 Å². The van der Waals surface area contributed by atoms with E-state index in [4.69, 9.17) is 0 Å². The summed E-state index contributed by atoms with van der Waals surface area (Å²) >= 11 is 3.14. The summed E-state index contributed by atoms with van der Waals surface area (Å²) in [5.41, 5.74) is 0.703. The smallest absolute Gasteiger partial charge is 0.258 e. The SMILES string of the molecule is O=[N+]([O-])c1cnccc1CBr. The van der Waals surface area contributed by atoms with E-state index < -0.39 is 4.92 Å². The van der Waals surface area contributed by atoms with Gasteiger partial charge in [-0.25, -0.2) is 0 Å². The lowest BCUT2D eigenvalue weighted by molar-refractivity contribution is -0.385. The fraction of sp³-hybridized carbons (Fsp3) is 0.167. The van der Waals surface area contributed by atoms with Crippen molar-refractivity contribution in [3.05, 3.63) is 34.1 Å². The first-order valence-corrected chi connectivity index (χ1v) is 4.01. The Bertz CT molecular complexity index is 277. The Morgan fingerprint density at radius 3 is 2.91 bits per heavy atom. The minimum Gasteiger partial charge on any atom is -0.258 e. The van der Waals surface area contributed by atoms with Gasteiger partial charge in [-0.3, -0.25) is 15.1 Å². The highest BCUT2D eigenvalue weighted by Crippen LogP contribution is 2.18. The van der Waals surface area contributed by atoms with Gasteiger partial charge >= 0.3 is 0 Å². The van der Waals surface area contributed by atoms with Gasteiger partial charge in [-0.05, 0) is 6.07 Å². The minimum absolute atomic E-state index is 0.0596. The predicted molar refractivity (Wildman–Crippen MR) is 43.5 cm³/mol. The van der Waals surface area contributed by atoms with Crippen LogP contribution in [0.2, 0.25) is 0 Å². The average Bonchev–Trinajstić information content (AvgIpc) is 2.04. The summed E-state index contributed by atoms with van der Waals surface area (Å²) in [6, 6.07) is 1.62. The number of rotatable bonds is 2. The number of nitrogens with zero attached hydrogens (tertiary/aromatic N) is 2. The molecule has 0 spiro atoms. The second-order valence-electron chi connectivity index (χ2n) is 1.90. The molecule has 0 aliphatic heterocycles. The van der Waals surface area contributed by atoms with Crippen molar-refractivity contribution in [3.8, 4) is 0 Å². The van der Waals surface area contributed by atoms with Crippen LogP contribution in [-0.2, 0) is 5.33 Å². The molecule has 1 rings (SSSR count). The molecule has 0 saturated heterocycles. The standard InChI is InChI=1S/C6H5BrN2O2/c7-3-5-1-2-8-4-6(5)9(10)11/h1-2,4H,3H2. The molecular weight excluding hydrogens is 212 g/mol. The molecule has 1 heterocycles. The van der Waals surface area contributed by atoms with Crippen molar-refractivity contribution in [2.75, 3.05) is 0 Å². The summed E-state index contributed by atoms with van der Waals surface area (Å²) in [5.74, 6) is 0. The quantitative estimate of drug-likeness (QED) is 0.431. The van der Waals surface area contributed by atoms with Gasteiger partial charge in [-0.2, -0.15) is 0 Å². The lowest BCUT2D eigenvalue weighted by Gasteiger charge is -1.95. The lowest BCUT2D eigenvalue weighted by Crippen LogP contribution is -1.93. The maximum absolute atomic E-state index is 10.3. The van der Waals surface area contributed by atoms with Crippen LogP contribution >= 0.6 is 15.9 Å². The highest BCUT2D eigenvalue weighted by atomic mass is 79.9. The highest BCUT2D eigenvalue weighted by Gasteiger charge is 2.10. The second kappa shape index (κ2) is 3.43. The van der Waals surface area contributed by atoms with E-state index in [1.54, 1.807) is 6.07 Å². The zero-order chi connectivity index (χ0) is 8.27. The molecule has 5 heteroatoms. The minimum atomic E-state index is -0.441. The Labute approximate surface area is 71.5 Å². The molecule has 0 aliphatic rings. The van der Waals surface area contributed by atoms with Gasteiger partial charge < -0.3 is 0 Å². The molecule has 0 saturated carbocycles. The van der Waals surface area contributed by atoms with Gasteiger partial charge in [0.2, 0.25) is 0 Å². The zero-order valence-corrected chi connectivity index (χ0v) is 7.11. The average molecular weight is 217 g/mol. The summed E-state index contributed by atoms with van der Waals surface area (Å²) in [6.45, 7) is 0. The number of hydrogen-bond acceptors (Lipinski definition) is 3. The molecule has 0 amide bonds. The van der Waals surface area contributed by atoms with E-state index in [0.717, 1.165) is 0 Å². The molecular formula is C6H5BrN2O2. The number of pyridine rings is 1. The fourth-order valence-corrected chi connectivity index (χ4v) is 1.17. The monoisotopic (exact) mass is 216 g/mol. The number of alkyl halides is 1. The summed E-state index contributed by atoms with van der Waals surface area (Å²) < 4.78 is 0. The summed E-state index contributed by atoms with van der Waals surface area (Å²) in [4.78, 5) is 13.5. The highest BCUT2D eigenvalue weighted by molar-refractivity contribution is 9.08. The van der Waals surface area contributed by atoms with Gasteiger partial charge in [0.05, 0.1) is 4.92 Å². The van der Waals surface area contributed by atoms with Crippen LogP contribution in [0.15, 0.2) is 18.5 Å². The Kier molecular flexibility index (Phi) is 2.53. The van der Waals surface area contributed by atoms with E-state index in [1.165, 1.54) is 12.4 Å². The van der Waals surface area contributed by atoms with E-state index >= 15 is 0 Å². The van der Waals surface area contributed by atoms with Crippen LogP contribution < -0.4 is 0 Å². The molecule has 0 aliphatic carbocycles. The maximum atomic E-state index is 10.3. The van der Waals surface area contributed by atoms with Crippen molar-refractivity contribution < 1.29 is 4.92 Å². The van der Waals surface area contributed by atoms with Crippen molar-refractivity contribution in [2.24, 2.45) is 0 Å². The summed E-state index contributed by atoms with van der Waals surface area (Å²) in [5, 5.41) is 10.8. The van der Waals surface area contributed by atoms with Crippen LogP contribution in [0.3, 0.4) is 0 Å². The number of hydrogen-bond donors (Lipinski definition) is 0. The van der Waals surface area contributed by atoms with Crippen LogP contribution in [0, 0.1) is 10.1 Å². The topological polar surface area (TPSA) is 56.0 Å². The first-order chi connectivity index (χ1) is 5.25. The van der Waals surface area contributed by atoms with Gasteiger partial charge in [0, 0.05) is 17.1 Å². The molecule has 0 fully saturated rings. The Morgan fingerprint density at radius 1 is 1.73 bits per heavy atom. The van der Waals surface area contributed by atoms with Crippen molar-refractivity contribution >= 4 is 21.6 Å². The Hall–Kier alpha value is -0.970. The first-order valence-electron chi connectivity index (χ1n) is 2.89. The Balaban J connectivity index is 3.12. The normalized spacial score (nSPS) is 9.55. The molecule has 0 unspecified atom stereocenters. The van der Waals surface area contributed by atoms with Crippen LogP contribution in [0.25, 0.3) is 0 Å². The molecule has 0 radical (unpaired) electrons. The van der Waals surface area contributed by atoms with Gasteiger partial charge in [-0.15, -0.1) is 0 Å². The lowest BCUT2D eigenvalue weighted by atomic mass is 10.3. The van der Waals surface area contributed by atoms with Crippen molar-refractivity contribution in [1.29, 1.82) is 0 Å². The van der Waals surface area contributed by atoms with Crippen molar-refractivity contribution in [3.63, 3.8) is 0 Å². The van der Waals surface area contributed by atoms with Gasteiger partial charge in [-0.1, -0.05) is 15.9 Å². The Morgan fingerprint density at radius 2 is 2.45 bits per heavy atom. The third kappa shape index (κ3) is 1.74. The van der Waals surface area contributed by atoms with Crippen LogP contribution in [-0.4, -0.2) is 9.91 Å². The first kappa shape index (κ1) is 8.13. The largest absolute Gasteiger partial charge is 0.291 e. The van der Waals surface area contributed by atoms with Gasteiger partial charge in [0.15, 0.2) is 0 Å². The number of halogens is 1. The molecule has 58 valence electrons. The maximum Gasteiger partial charge on any atom is 0.291 e. The van der Waals surface area contributed by atoms with E-state index in [9.17, 15) is 10.1 Å². The summed E-state index contributed by atoms with van der Waals surface area (Å²) in [7, 11) is 0. The molecule has 0 N–H and O–H groups in total. The van der Waals surface area contributed by atoms with Crippen LogP contribution in [0.1, 0.15) is 5.56 Å². The molecule has 0 atom stereocenters. The van der Waals surface area contributed by atoms with Crippen LogP contribution in [0.4, 0.5) is 5.69 Å². The van der Waals surface area contributed by atoms with Gasteiger partial charge in [0.1, 0.15) is 6.20 Å². The zero-order valence-electron chi connectivity index (χ0n) is 5.53. The predicted octanol–water partition coefficient (Wildman–Crippen LogP) is 1.88. The van der Waals surface area contributed by atoms with Crippen molar-refractivity contribution in [2.45, 2.75) is 5.33 Å².